The van der Waals surface area contributed by atoms with Gasteiger partial charge >= 0.3 is 0 Å². The van der Waals surface area contributed by atoms with Gasteiger partial charge in [-0.25, -0.2) is 0 Å². The lowest BCUT2D eigenvalue weighted by atomic mass is 10.1. The number of hydrogen-bond acceptors (Lipinski definition) is 3. The molecule has 1 aromatic carbocycles. The highest BCUT2D eigenvalue weighted by Gasteiger charge is 2.22. The summed E-state index contributed by atoms with van der Waals surface area (Å²) in [4.78, 5) is 7.22. The summed E-state index contributed by atoms with van der Waals surface area (Å²) in [5.41, 5.74) is 1.33. The number of benzene rings is 1. The first-order chi connectivity index (χ1) is 10.8. The quantitative estimate of drug-likeness (QED) is 0.460. The number of nitrogens with one attached hydrogen (secondary N) is 2. The normalized spacial score (nSPS) is 18.5. The molecule has 1 heterocycles. The third-order valence-corrected chi connectivity index (χ3v) is 4.47. The SMILES string of the molecule is CCNC(=NCC1CCN(c2ccccc2)C1)NCCSC. The van der Waals surface area contributed by atoms with Crippen molar-refractivity contribution in [3.8, 4) is 0 Å². The first-order valence-corrected chi connectivity index (χ1v) is 9.54. The topological polar surface area (TPSA) is 39.7 Å². The van der Waals surface area contributed by atoms with E-state index in [4.69, 9.17) is 4.99 Å². The summed E-state index contributed by atoms with van der Waals surface area (Å²) in [6.07, 6.45) is 3.35. The number of hydrogen-bond donors (Lipinski definition) is 2. The van der Waals surface area contributed by atoms with E-state index in [1.165, 1.54) is 12.1 Å². The molecule has 1 fully saturated rings. The minimum atomic E-state index is 0.649. The zero-order valence-electron chi connectivity index (χ0n) is 13.7. The Morgan fingerprint density at radius 3 is 2.86 bits per heavy atom. The Labute approximate surface area is 138 Å². The van der Waals surface area contributed by atoms with Crippen molar-refractivity contribution >= 4 is 23.4 Å². The second-order valence-electron chi connectivity index (χ2n) is 5.58. The molecule has 2 N–H and O–H groups in total. The lowest BCUT2D eigenvalue weighted by molar-refractivity contribution is 0.599. The third-order valence-electron chi connectivity index (χ3n) is 3.86. The van der Waals surface area contributed by atoms with Crippen molar-refractivity contribution < 1.29 is 0 Å². The molecule has 0 aliphatic carbocycles. The van der Waals surface area contributed by atoms with Crippen LogP contribution >= 0.6 is 11.8 Å². The van der Waals surface area contributed by atoms with Crippen LogP contribution in [-0.4, -0.2) is 50.7 Å². The van der Waals surface area contributed by atoms with E-state index < -0.39 is 0 Å². The summed E-state index contributed by atoms with van der Waals surface area (Å²) in [5.74, 6) is 2.71. The molecule has 0 saturated carbocycles. The molecule has 4 nitrogen and oxygen atoms in total. The Morgan fingerprint density at radius 2 is 2.14 bits per heavy atom. The van der Waals surface area contributed by atoms with Gasteiger partial charge in [0.05, 0.1) is 0 Å². The number of nitrogens with zero attached hydrogens (tertiary/aromatic N) is 2. The number of thioether (sulfide) groups is 1. The second-order valence-corrected chi connectivity index (χ2v) is 6.56. The van der Waals surface area contributed by atoms with Crippen LogP contribution in [0.2, 0.25) is 0 Å². The third kappa shape index (κ3) is 5.44. The van der Waals surface area contributed by atoms with Crippen LogP contribution in [0.3, 0.4) is 0 Å². The zero-order valence-corrected chi connectivity index (χ0v) is 14.5. The summed E-state index contributed by atoms with van der Waals surface area (Å²) in [6.45, 7) is 7.13. The fourth-order valence-corrected chi connectivity index (χ4v) is 2.99. The fraction of sp³-hybridized carbons (Fsp3) is 0.588. The molecule has 0 spiro atoms. The molecule has 22 heavy (non-hydrogen) atoms. The minimum Gasteiger partial charge on any atom is -0.371 e. The molecule has 1 aromatic rings. The lowest BCUT2D eigenvalue weighted by Crippen LogP contribution is -2.38. The van der Waals surface area contributed by atoms with Crippen LogP contribution in [0.1, 0.15) is 13.3 Å². The van der Waals surface area contributed by atoms with Gasteiger partial charge in [0.15, 0.2) is 5.96 Å². The monoisotopic (exact) mass is 320 g/mol. The second kappa shape index (κ2) is 9.62. The van der Waals surface area contributed by atoms with Crippen LogP contribution in [-0.2, 0) is 0 Å². The summed E-state index contributed by atoms with van der Waals surface area (Å²) in [7, 11) is 0. The van der Waals surface area contributed by atoms with Gasteiger partial charge in [-0.3, -0.25) is 4.99 Å². The van der Waals surface area contributed by atoms with Gasteiger partial charge in [-0.1, -0.05) is 18.2 Å². The Hall–Kier alpha value is -1.36. The van der Waals surface area contributed by atoms with Crippen molar-refractivity contribution in [1.29, 1.82) is 0 Å². The Morgan fingerprint density at radius 1 is 1.32 bits per heavy atom. The average molecular weight is 321 g/mol. The molecule has 0 bridgehead atoms. The van der Waals surface area contributed by atoms with Gasteiger partial charge in [0.2, 0.25) is 0 Å². The minimum absolute atomic E-state index is 0.649. The van der Waals surface area contributed by atoms with E-state index in [-0.39, 0.29) is 0 Å². The van der Waals surface area contributed by atoms with Crippen molar-refractivity contribution in [3.63, 3.8) is 0 Å². The average Bonchev–Trinajstić information content (AvgIpc) is 3.03. The molecule has 122 valence electrons. The van der Waals surface area contributed by atoms with Crippen molar-refractivity contribution in [2.24, 2.45) is 10.9 Å². The molecule has 0 radical (unpaired) electrons. The predicted octanol–water partition coefficient (Wildman–Crippen LogP) is 2.43. The van der Waals surface area contributed by atoms with Crippen LogP contribution in [0.15, 0.2) is 35.3 Å². The fourth-order valence-electron chi connectivity index (χ4n) is 2.69. The smallest absolute Gasteiger partial charge is 0.191 e. The maximum atomic E-state index is 4.75. The van der Waals surface area contributed by atoms with Crippen molar-refractivity contribution in [2.45, 2.75) is 13.3 Å². The predicted molar refractivity (Wildman–Crippen MR) is 99.1 cm³/mol. The van der Waals surface area contributed by atoms with Crippen LogP contribution in [0.5, 0.6) is 0 Å². The molecular formula is C17H28N4S. The van der Waals surface area contributed by atoms with Crippen LogP contribution in [0.4, 0.5) is 5.69 Å². The highest BCUT2D eigenvalue weighted by molar-refractivity contribution is 7.98. The molecule has 2 rings (SSSR count). The van der Waals surface area contributed by atoms with E-state index >= 15 is 0 Å². The maximum Gasteiger partial charge on any atom is 0.191 e. The van der Waals surface area contributed by atoms with E-state index in [9.17, 15) is 0 Å². The molecule has 1 atom stereocenters. The number of aliphatic imine (C=N–C) groups is 1. The number of guanidine groups is 1. The van der Waals surface area contributed by atoms with Crippen LogP contribution < -0.4 is 15.5 Å². The van der Waals surface area contributed by atoms with Crippen molar-refractivity contribution in [2.75, 3.05) is 49.6 Å². The van der Waals surface area contributed by atoms with Gasteiger partial charge in [0.25, 0.3) is 0 Å². The Balaban J connectivity index is 1.81. The van der Waals surface area contributed by atoms with Crippen molar-refractivity contribution in [1.82, 2.24) is 10.6 Å². The maximum absolute atomic E-state index is 4.75. The molecule has 5 heteroatoms. The highest BCUT2D eigenvalue weighted by Crippen LogP contribution is 2.23. The number of para-hydroxylation sites is 1. The molecular weight excluding hydrogens is 292 g/mol. The number of rotatable bonds is 7. The first-order valence-electron chi connectivity index (χ1n) is 8.14. The van der Waals surface area contributed by atoms with Gasteiger partial charge in [0.1, 0.15) is 0 Å². The molecule has 0 amide bonds. The summed E-state index contributed by atoms with van der Waals surface area (Å²) in [6, 6.07) is 10.7. The van der Waals surface area contributed by atoms with Crippen LogP contribution in [0, 0.1) is 5.92 Å². The van der Waals surface area contributed by atoms with E-state index in [0.29, 0.717) is 5.92 Å². The largest absolute Gasteiger partial charge is 0.371 e. The van der Waals surface area contributed by atoms with Gasteiger partial charge in [-0.2, -0.15) is 11.8 Å². The Kier molecular flexibility index (Phi) is 7.43. The van der Waals surface area contributed by atoms with E-state index in [0.717, 1.165) is 44.4 Å². The first kappa shape index (κ1) is 17.0. The van der Waals surface area contributed by atoms with Gasteiger partial charge in [0, 0.05) is 44.2 Å². The molecule has 1 aliphatic heterocycles. The van der Waals surface area contributed by atoms with Crippen LogP contribution in [0.25, 0.3) is 0 Å². The lowest BCUT2D eigenvalue weighted by Gasteiger charge is -2.18. The van der Waals surface area contributed by atoms with E-state index in [2.05, 4.69) is 59.0 Å². The summed E-state index contributed by atoms with van der Waals surface area (Å²) in [5, 5.41) is 6.72. The molecule has 1 unspecified atom stereocenters. The summed E-state index contributed by atoms with van der Waals surface area (Å²) >= 11 is 1.85. The van der Waals surface area contributed by atoms with Gasteiger partial charge in [-0.05, 0) is 37.7 Å². The molecule has 0 aromatic heterocycles. The van der Waals surface area contributed by atoms with Gasteiger partial charge < -0.3 is 15.5 Å². The highest BCUT2D eigenvalue weighted by atomic mass is 32.2. The van der Waals surface area contributed by atoms with E-state index in [1.807, 2.05) is 11.8 Å². The summed E-state index contributed by atoms with van der Waals surface area (Å²) < 4.78 is 0. The Bertz CT molecular complexity index is 449. The standard InChI is InChI=1S/C17H28N4S/c1-3-18-17(19-10-12-22-2)20-13-15-9-11-21(14-15)16-7-5-4-6-8-16/h4-8,15H,3,9-14H2,1-2H3,(H2,18,19,20). The van der Waals surface area contributed by atoms with E-state index in [1.54, 1.807) is 0 Å². The van der Waals surface area contributed by atoms with Gasteiger partial charge in [-0.15, -0.1) is 0 Å². The number of anilines is 1. The molecule has 1 saturated heterocycles. The molecule has 1 aliphatic rings. The van der Waals surface area contributed by atoms with Crippen molar-refractivity contribution in [3.05, 3.63) is 30.3 Å². The zero-order chi connectivity index (χ0) is 15.6.